The first-order valence-electron chi connectivity index (χ1n) is 16.5. The molecule has 0 bridgehead atoms. The van der Waals surface area contributed by atoms with Gasteiger partial charge >= 0.3 is 0 Å². The number of nitrogens with one attached hydrogen (secondary N) is 3. The van der Waals surface area contributed by atoms with Crippen molar-refractivity contribution in [1.29, 1.82) is 0 Å². The van der Waals surface area contributed by atoms with E-state index in [9.17, 15) is 4.79 Å². The fraction of sp³-hybridized carbons (Fsp3) is 0.472. The minimum atomic E-state index is 0.00484. The molecule has 0 radical (unpaired) electrons. The monoisotopic (exact) mass is 594 g/mol. The average molecular weight is 595 g/mol. The summed E-state index contributed by atoms with van der Waals surface area (Å²) >= 11 is 0. The van der Waals surface area contributed by atoms with Gasteiger partial charge in [0.1, 0.15) is 0 Å². The molecule has 6 rings (SSSR count). The van der Waals surface area contributed by atoms with Crippen LogP contribution in [0.15, 0.2) is 54.7 Å². The summed E-state index contributed by atoms with van der Waals surface area (Å²) in [7, 11) is 0. The van der Waals surface area contributed by atoms with Crippen molar-refractivity contribution < 1.29 is 9.53 Å². The van der Waals surface area contributed by atoms with Crippen molar-refractivity contribution in [3.05, 3.63) is 77.1 Å². The SMILES string of the molecule is CCc1nc2c(cnn2CC)c(NC2CCOCC2)c1CNC(=O)Cc1cccc(-c2cccc(CC3CCNCC3)c2)c1. The topological polar surface area (TPSA) is 93.1 Å². The predicted octanol–water partition coefficient (Wildman–Crippen LogP) is 5.67. The minimum absolute atomic E-state index is 0.00484. The lowest BCUT2D eigenvalue weighted by Gasteiger charge is -2.26. The van der Waals surface area contributed by atoms with Crippen LogP contribution in [-0.4, -0.2) is 53.0 Å². The molecular formula is C36H46N6O2. The zero-order valence-electron chi connectivity index (χ0n) is 26.2. The molecule has 2 aliphatic heterocycles. The van der Waals surface area contributed by atoms with Gasteiger partial charge in [-0.1, -0.05) is 55.5 Å². The maximum absolute atomic E-state index is 13.3. The summed E-state index contributed by atoms with van der Waals surface area (Å²) in [6, 6.07) is 17.6. The molecule has 4 heterocycles. The lowest BCUT2D eigenvalue weighted by Crippen LogP contribution is -2.30. The molecule has 3 N–H and O–H groups in total. The number of amides is 1. The number of pyridine rings is 1. The highest BCUT2D eigenvalue weighted by Gasteiger charge is 2.22. The van der Waals surface area contributed by atoms with E-state index in [2.05, 4.69) is 77.4 Å². The van der Waals surface area contributed by atoms with Gasteiger partial charge in [-0.25, -0.2) is 9.67 Å². The number of ether oxygens (including phenoxy) is 1. The molecule has 2 aromatic heterocycles. The number of carbonyl (C=O) groups is 1. The number of benzene rings is 2. The van der Waals surface area contributed by atoms with Crippen molar-refractivity contribution in [2.45, 2.75) is 77.9 Å². The van der Waals surface area contributed by atoms with Gasteiger partial charge in [-0.15, -0.1) is 0 Å². The Morgan fingerprint density at radius 1 is 1.00 bits per heavy atom. The molecule has 8 nitrogen and oxygen atoms in total. The van der Waals surface area contributed by atoms with Gasteiger partial charge in [0.15, 0.2) is 5.65 Å². The Bertz CT molecular complexity index is 1570. The number of aromatic nitrogens is 3. The number of anilines is 1. The molecule has 0 spiro atoms. The molecule has 0 unspecified atom stereocenters. The van der Waals surface area contributed by atoms with E-state index >= 15 is 0 Å². The smallest absolute Gasteiger partial charge is 0.224 e. The number of aryl methyl sites for hydroxylation is 2. The Labute approximate surface area is 261 Å². The molecule has 2 saturated heterocycles. The van der Waals surface area contributed by atoms with Crippen LogP contribution < -0.4 is 16.0 Å². The lowest BCUT2D eigenvalue weighted by molar-refractivity contribution is -0.120. The van der Waals surface area contributed by atoms with Crippen molar-refractivity contribution >= 4 is 22.6 Å². The van der Waals surface area contributed by atoms with Crippen LogP contribution in [0.1, 0.15) is 61.9 Å². The first-order valence-corrected chi connectivity index (χ1v) is 16.5. The van der Waals surface area contributed by atoms with Crippen molar-refractivity contribution in [2.75, 3.05) is 31.6 Å². The van der Waals surface area contributed by atoms with Crippen LogP contribution in [-0.2, 0) is 41.9 Å². The number of fused-ring (bicyclic) bond motifs is 1. The van der Waals surface area contributed by atoms with Gasteiger partial charge < -0.3 is 20.7 Å². The Morgan fingerprint density at radius 3 is 2.45 bits per heavy atom. The van der Waals surface area contributed by atoms with Gasteiger partial charge in [0.05, 0.1) is 23.7 Å². The van der Waals surface area contributed by atoms with Gasteiger partial charge in [-0.2, -0.15) is 5.10 Å². The zero-order chi connectivity index (χ0) is 30.3. The van der Waals surface area contributed by atoms with E-state index < -0.39 is 0 Å². The molecular weight excluding hydrogens is 548 g/mol. The molecule has 8 heteroatoms. The van der Waals surface area contributed by atoms with Gasteiger partial charge in [0.2, 0.25) is 5.91 Å². The Kier molecular flexibility index (Phi) is 9.88. The van der Waals surface area contributed by atoms with E-state index in [0.717, 1.165) is 104 Å². The molecule has 232 valence electrons. The fourth-order valence-corrected chi connectivity index (χ4v) is 6.69. The molecule has 44 heavy (non-hydrogen) atoms. The number of carbonyl (C=O) groups excluding carboxylic acids is 1. The number of nitrogens with zero attached hydrogens (tertiary/aromatic N) is 3. The van der Waals surface area contributed by atoms with Crippen LogP contribution in [0, 0.1) is 5.92 Å². The highest BCUT2D eigenvalue weighted by molar-refractivity contribution is 5.92. The van der Waals surface area contributed by atoms with Crippen LogP contribution in [0.2, 0.25) is 0 Å². The van der Waals surface area contributed by atoms with Crippen LogP contribution in [0.25, 0.3) is 22.2 Å². The third-order valence-electron chi connectivity index (χ3n) is 9.17. The van der Waals surface area contributed by atoms with Gasteiger partial charge in [0, 0.05) is 43.6 Å². The molecule has 2 aliphatic rings. The maximum Gasteiger partial charge on any atom is 0.224 e. The van der Waals surface area contributed by atoms with Gasteiger partial charge in [0.25, 0.3) is 0 Å². The summed E-state index contributed by atoms with van der Waals surface area (Å²) in [5, 5.41) is 16.1. The first-order chi connectivity index (χ1) is 21.6. The molecule has 4 aromatic rings. The molecule has 2 fully saturated rings. The third-order valence-corrected chi connectivity index (χ3v) is 9.17. The standard InChI is InChI=1S/C36H46N6O2/c1-3-33-31(35(40-30-13-17-44-18-14-30)32-24-39-42(4-2)36(32)41-33)23-38-34(43)22-27-8-6-10-29(21-27)28-9-5-7-26(20-28)19-25-11-15-37-16-12-25/h5-10,20-21,24-25,30,37H,3-4,11-19,22-23H2,1-2H3,(H,38,43)(H,40,41). The summed E-state index contributed by atoms with van der Waals surface area (Å²) in [6.45, 7) is 9.15. The Morgan fingerprint density at radius 2 is 1.73 bits per heavy atom. The fourth-order valence-electron chi connectivity index (χ4n) is 6.69. The van der Waals surface area contributed by atoms with Crippen LogP contribution >= 0.6 is 0 Å². The normalized spacial score (nSPS) is 16.3. The highest BCUT2D eigenvalue weighted by Crippen LogP contribution is 2.31. The summed E-state index contributed by atoms with van der Waals surface area (Å²) in [4.78, 5) is 18.3. The average Bonchev–Trinajstić information content (AvgIpc) is 3.48. The number of rotatable bonds is 11. The van der Waals surface area contributed by atoms with Crippen molar-refractivity contribution in [1.82, 2.24) is 25.4 Å². The third kappa shape index (κ3) is 7.13. The van der Waals surface area contributed by atoms with Gasteiger partial charge in [-0.05, 0) is 86.7 Å². The first kappa shape index (κ1) is 30.3. The van der Waals surface area contributed by atoms with E-state index in [-0.39, 0.29) is 5.91 Å². The van der Waals surface area contributed by atoms with Crippen molar-refractivity contribution in [3.63, 3.8) is 0 Å². The van der Waals surface area contributed by atoms with Crippen LogP contribution in [0.4, 0.5) is 5.69 Å². The minimum Gasteiger partial charge on any atom is -0.381 e. The number of hydrogen-bond acceptors (Lipinski definition) is 6. The summed E-state index contributed by atoms with van der Waals surface area (Å²) in [5.41, 5.74) is 8.75. The maximum atomic E-state index is 13.3. The Balaban J connectivity index is 1.17. The van der Waals surface area contributed by atoms with E-state index in [0.29, 0.717) is 19.0 Å². The zero-order valence-corrected chi connectivity index (χ0v) is 26.2. The predicted molar refractivity (Wildman–Crippen MR) is 177 cm³/mol. The second-order valence-electron chi connectivity index (χ2n) is 12.2. The summed E-state index contributed by atoms with van der Waals surface area (Å²) in [5.74, 6) is 0.756. The lowest BCUT2D eigenvalue weighted by atomic mass is 9.90. The summed E-state index contributed by atoms with van der Waals surface area (Å²) < 4.78 is 7.55. The second-order valence-corrected chi connectivity index (χ2v) is 12.2. The molecule has 2 aromatic carbocycles. The van der Waals surface area contributed by atoms with E-state index in [1.54, 1.807) is 0 Å². The second kappa shape index (κ2) is 14.4. The van der Waals surface area contributed by atoms with Crippen molar-refractivity contribution in [2.24, 2.45) is 5.92 Å². The largest absolute Gasteiger partial charge is 0.381 e. The molecule has 0 aliphatic carbocycles. The van der Waals surface area contributed by atoms with E-state index in [4.69, 9.17) is 9.72 Å². The quantitative estimate of drug-likeness (QED) is 0.207. The number of hydrogen-bond donors (Lipinski definition) is 3. The highest BCUT2D eigenvalue weighted by atomic mass is 16.5. The summed E-state index contributed by atoms with van der Waals surface area (Å²) in [6.07, 6.45) is 8.54. The van der Waals surface area contributed by atoms with Gasteiger partial charge in [-0.3, -0.25) is 4.79 Å². The van der Waals surface area contributed by atoms with Crippen LogP contribution in [0.5, 0.6) is 0 Å². The van der Waals surface area contributed by atoms with E-state index in [1.807, 2.05) is 16.9 Å². The number of piperidine rings is 1. The van der Waals surface area contributed by atoms with Crippen LogP contribution in [0.3, 0.4) is 0 Å². The molecule has 0 saturated carbocycles. The molecule has 0 atom stereocenters. The molecule has 1 amide bonds. The Hall–Kier alpha value is -3.75. The van der Waals surface area contributed by atoms with Crippen molar-refractivity contribution in [3.8, 4) is 11.1 Å². The van der Waals surface area contributed by atoms with E-state index in [1.165, 1.54) is 24.0 Å².